The third-order valence-electron chi connectivity index (χ3n) is 2.87. The molecule has 21 heavy (non-hydrogen) atoms. The van der Waals surface area contributed by atoms with Crippen LogP contribution in [0.15, 0.2) is 16.6 Å². The van der Waals surface area contributed by atoms with Crippen LogP contribution in [0.3, 0.4) is 0 Å². The summed E-state index contributed by atoms with van der Waals surface area (Å²) in [5.41, 5.74) is 6.55. The summed E-state index contributed by atoms with van der Waals surface area (Å²) < 4.78 is 11.8. The van der Waals surface area contributed by atoms with Crippen LogP contribution in [0.4, 0.5) is 0 Å². The second-order valence-corrected chi connectivity index (χ2v) is 6.07. The molecular weight excluding hydrogens is 336 g/mol. The largest absolute Gasteiger partial charge is 0.493 e. The van der Waals surface area contributed by atoms with Gasteiger partial charge in [-0.05, 0) is 46.5 Å². The summed E-state index contributed by atoms with van der Waals surface area (Å²) in [6.45, 7) is 6.81. The first-order chi connectivity index (χ1) is 9.88. The molecule has 0 heterocycles. The van der Waals surface area contributed by atoms with Crippen molar-refractivity contribution in [1.29, 1.82) is 0 Å². The molecular formula is C15H23BrN2O3. The van der Waals surface area contributed by atoms with Crippen molar-refractivity contribution in [2.24, 2.45) is 11.7 Å². The molecule has 6 heteroatoms. The van der Waals surface area contributed by atoms with Crippen LogP contribution in [0.5, 0.6) is 11.5 Å². The summed E-state index contributed by atoms with van der Waals surface area (Å²) in [7, 11) is 1.55. The molecule has 0 saturated heterocycles. The lowest BCUT2D eigenvalue weighted by Crippen LogP contribution is -2.38. The summed E-state index contributed by atoms with van der Waals surface area (Å²) in [6.07, 6.45) is -0.613. The zero-order valence-corrected chi connectivity index (χ0v) is 14.5. The topological polar surface area (TPSA) is 73.6 Å². The first-order valence-electron chi connectivity index (χ1n) is 6.89. The van der Waals surface area contributed by atoms with Gasteiger partial charge < -0.3 is 20.5 Å². The van der Waals surface area contributed by atoms with Crippen LogP contribution in [0, 0.1) is 5.92 Å². The van der Waals surface area contributed by atoms with Gasteiger partial charge >= 0.3 is 0 Å². The maximum absolute atomic E-state index is 12.0. The maximum Gasteiger partial charge on any atom is 0.260 e. The lowest BCUT2D eigenvalue weighted by atomic mass is 10.2. The van der Waals surface area contributed by atoms with Crippen LogP contribution < -0.4 is 20.5 Å². The van der Waals surface area contributed by atoms with Gasteiger partial charge in [0.2, 0.25) is 0 Å². The van der Waals surface area contributed by atoms with Crippen LogP contribution in [0.1, 0.15) is 26.3 Å². The highest BCUT2D eigenvalue weighted by Crippen LogP contribution is 2.37. The minimum Gasteiger partial charge on any atom is -0.493 e. The van der Waals surface area contributed by atoms with Crippen molar-refractivity contribution in [3.63, 3.8) is 0 Å². The molecule has 0 aliphatic rings. The molecule has 1 amide bonds. The number of hydrogen-bond donors (Lipinski definition) is 2. The van der Waals surface area contributed by atoms with Crippen LogP contribution in [-0.4, -0.2) is 25.7 Å². The summed E-state index contributed by atoms with van der Waals surface area (Å²) in [5.74, 6) is 1.29. The number of hydrogen-bond acceptors (Lipinski definition) is 4. The maximum atomic E-state index is 12.0. The second kappa shape index (κ2) is 8.24. The Morgan fingerprint density at radius 2 is 2.05 bits per heavy atom. The van der Waals surface area contributed by atoms with E-state index in [2.05, 4.69) is 21.2 Å². The molecule has 1 aromatic carbocycles. The predicted octanol–water partition coefficient (Wildman–Crippen LogP) is 2.46. The molecule has 1 unspecified atom stereocenters. The van der Waals surface area contributed by atoms with E-state index >= 15 is 0 Å². The second-order valence-electron chi connectivity index (χ2n) is 5.21. The fourth-order valence-electron chi connectivity index (χ4n) is 1.68. The van der Waals surface area contributed by atoms with Crippen molar-refractivity contribution in [3.8, 4) is 11.5 Å². The van der Waals surface area contributed by atoms with Crippen molar-refractivity contribution in [3.05, 3.63) is 22.2 Å². The average molecular weight is 359 g/mol. The van der Waals surface area contributed by atoms with Gasteiger partial charge in [-0.1, -0.05) is 13.8 Å². The van der Waals surface area contributed by atoms with Crippen molar-refractivity contribution in [1.82, 2.24) is 5.32 Å². The highest BCUT2D eigenvalue weighted by molar-refractivity contribution is 9.10. The van der Waals surface area contributed by atoms with E-state index in [0.29, 0.717) is 35.0 Å². The molecule has 0 spiro atoms. The lowest BCUT2D eigenvalue weighted by molar-refractivity contribution is -0.127. The smallest absolute Gasteiger partial charge is 0.260 e. The fourth-order valence-corrected chi connectivity index (χ4v) is 2.27. The minimum absolute atomic E-state index is 0.152. The Morgan fingerprint density at radius 3 is 2.57 bits per heavy atom. The van der Waals surface area contributed by atoms with Gasteiger partial charge in [0.25, 0.3) is 5.91 Å². The Kier molecular flexibility index (Phi) is 6.98. The number of rotatable bonds is 7. The monoisotopic (exact) mass is 358 g/mol. The number of ether oxygens (including phenoxy) is 2. The molecule has 1 atom stereocenters. The lowest BCUT2D eigenvalue weighted by Gasteiger charge is -2.19. The number of halogens is 1. The van der Waals surface area contributed by atoms with Gasteiger partial charge in [0, 0.05) is 13.1 Å². The van der Waals surface area contributed by atoms with Gasteiger partial charge in [-0.2, -0.15) is 0 Å². The number of carbonyl (C=O) groups excluding carboxylic acids is 1. The van der Waals surface area contributed by atoms with Crippen molar-refractivity contribution in [2.45, 2.75) is 33.4 Å². The molecule has 118 valence electrons. The Morgan fingerprint density at radius 1 is 1.38 bits per heavy atom. The van der Waals surface area contributed by atoms with Crippen LogP contribution in [0.25, 0.3) is 0 Å². The first-order valence-corrected chi connectivity index (χ1v) is 7.69. The van der Waals surface area contributed by atoms with E-state index in [1.807, 2.05) is 19.9 Å². The summed E-state index contributed by atoms with van der Waals surface area (Å²) in [6, 6.07) is 3.66. The van der Waals surface area contributed by atoms with Gasteiger partial charge in [-0.25, -0.2) is 0 Å². The van der Waals surface area contributed by atoms with Crippen molar-refractivity contribution >= 4 is 21.8 Å². The molecule has 0 fully saturated rings. The quantitative estimate of drug-likeness (QED) is 0.784. The number of methoxy groups -OCH3 is 1. The molecule has 5 nitrogen and oxygen atoms in total. The van der Waals surface area contributed by atoms with Gasteiger partial charge in [0.05, 0.1) is 11.6 Å². The zero-order chi connectivity index (χ0) is 16.0. The van der Waals surface area contributed by atoms with E-state index in [4.69, 9.17) is 15.2 Å². The molecule has 0 aliphatic heterocycles. The normalized spacial score (nSPS) is 12.1. The Balaban J connectivity index is 2.84. The molecule has 1 rings (SSSR count). The molecule has 0 bridgehead atoms. The first kappa shape index (κ1) is 17.8. The summed E-state index contributed by atoms with van der Waals surface area (Å²) in [5, 5.41) is 2.84. The standard InChI is InChI=1S/C15H23BrN2O3/c1-9(2)8-18-15(19)10(3)21-14-12(16)5-11(7-17)6-13(14)20-4/h5-6,9-10H,7-8,17H2,1-4H3,(H,18,19). The fraction of sp³-hybridized carbons (Fsp3) is 0.533. The van der Waals surface area contributed by atoms with E-state index in [-0.39, 0.29) is 5.91 Å². The highest BCUT2D eigenvalue weighted by Gasteiger charge is 2.19. The van der Waals surface area contributed by atoms with Crippen LogP contribution in [-0.2, 0) is 11.3 Å². The highest BCUT2D eigenvalue weighted by atomic mass is 79.9. The van der Waals surface area contributed by atoms with Crippen molar-refractivity contribution in [2.75, 3.05) is 13.7 Å². The number of amides is 1. The number of nitrogens with one attached hydrogen (secondary N) is 1. The molecule has 0 aliphatic carbocycles. The van der Waals surface area contributed by atoms with Crippen LogP contribution in [0.2, 0.25) is 0 Å². The van der Waals surface area contributed by atoms with Crippen LogP contribution >= 0.6 is 15.9 Å². The number of nitrogens with two attached hydrogens (primary N) is 1. The van der Waals surface area contributed by atoms with Gasteiger partial charge in [-0.15, -0.1) is 0 Å². The summed E-state index contributed by atoms with van der Waals surface area (Å²) >= 11 is 3.43. The Bertz CT molecular complexity index is 492. The number of benzene rings is 1. The Labute approximate surface area is 134 Å². The van der Waals surface area contributed by atoms with E-state index in [1.165, 1.54) is 0 Å². The Hall–Kier alpha value is -1.27. The zero-order valence-electron chi connectivity index (χ0n) is 12.9. The van der Waals surface area contributed by atoms with Gasteiger partial charge in [0.1, 0.15) is 0 Å². The molecule has 0 radical (unpaired) electrons. The number of carbonyl (C=O) groups is 1. The molecule has 3 N–H and O–H groups in total. The third kappa shape index (κ3) is 5.21. The van der Waals surface area contributed by atoms with E-state index in [0.717, 1.165) is 5.56 Å². The molecule has 0 aromatic heterocycles. The van der Waals surface area contributed by atoms with Gasteiger partial charge in [0.15, 0.2) is 17.6 Å². The van der Waals surface area contributed by atoms with Gasteiger partial charge in [-0.3, -0.25) is 4.79 Å². The van der Waals surface area contributed by atoms with E-state index < -0.39 is 6.10 Å². The SMILES string of the molecule is COc1cc(CN)cc(Br)c1OC(C)C(=O)NCC(C)C. The third-order valence-corrected chi connectivity index (χ3v) is 3.46. The predicted molar refractivity (Wildman–Crippen MR) is 86.5 cm³/mol. The van der Waals surface area contributed by atoms with Crippen molar-refractivity contribution < 1.29 is 14.3 Å². The summed E-state index contributed by atoms with van der Waals surface area (Å²) in [4.78, 5) is 12.0. The molecule has 1 aromatic rings. The average Bonchev–Trinajstić information content (AvgIpc) is 2.46. The minimum atomic E-state index is -0.613. The molecule has 0 saturated carbocycles. The van der Waals surface area contributed by atoms with E-state index in [1.54, 1.807) is 20.1 Å². The van der Waals surface area contributed by atoms with E-state index in [9.17, 15) is 4.79 Å².